The van der Waals surface area contributed by atoms with Crippen LogP contribution in [0.5, 0.6) is 0 Å². The molecule has 0 radical (unpaired) electrons. The van der Waals surface area contributed by atoms with Gasteiger partial charge in [0.1, 0.15) is 0 Å². The first-order valence-corrected chi connectivity index (χ1v) is 8.98. The molecular formula is C19H34O3. The molecule has 0 rings (SSSR count). The number of hydrogen-bond donors (Lipinski definition) is 0. The number of allylic oxidation sites excluding steroid dienone is 1. The van der Waals surface area contributed by atoms with E-state index in [2.05, 4.69) is 13.8 Å². The summed E-state index contributed by atoms with van der Waals surface area (Å²) in [5, 5.41) is 0. The Morgan fingerprint density at radius 3 is 2.09 bits per heavy atom. The lowest BCUT2D eigenvalue weighted by molar-refractivity contribution is -0.140. The summed E-state index contributed by atoms with van der Waals surface area (Å²) in [4.78, 5) is 23.7. The molecule has 0 aromatic heterocycles. The summed E-state index contributed by atoms with van der Waals surface area (Å²) in [6.07, 6.45) is 12.1. The maximum Gasteiger partial charge on any atom is 0.341 e. The summed E-state index contributed by atoms with van der Waals surface area (Å²) in [6, 6.07) is 0. The van der Waals surface area contributed by atoms with Gasteiger partial charge in [0.25, 0.3) is 0 Å². The lowest BCUT2D eigenvalue weighted by Crippen LogP contribution is -2.16. The molecule has 1 atom stereocenters. The van der Waals surface area contributed by atoms with Crippen molar-refractivity contribution in [3.05, 3.63) is 11.6 Å². The zero-order valence-corrected chi connectivity index (χ0v) is 15.0. The predicted octanol–water partition coefficient (Wildman–Crippen LogP) is 5.23. The first-order chi connectivity index (χ1) is 10.6. The lowest BCUT2D eigenvalue weighted by atomic mass is 9.97. The van der Waals surface area contributed by atoms with E-state index in [0.29, 0.717) is 13.0 Å². The average molecular weight is 310 g/mol. The Morgan fingerprint density at radius 2 is 1.55 bits per heavy atom. The Kier molecular flexibility index (Phi) is 12.8. The van der Waals surface area contributed by atoms with E-state index in [1.807, 2.05) is 0 Å². The number of carbonyl (C=O) groups is 2. The fourth-order valence-electron chi connectivity index (χ4n) is 2.47. The van der Waals surface area contributed by atoms with Crippen LogP contribution in [0.25, 0.3) is 0 Å². The highest BCUT2D eigenvalue weighted by Crippen LogP contribution is 2.16. The molecule has 0 bridgehead atoms. The molecule has 0 amide bonds. The zero-order chi connectivity index (χ0) is 16.8. The lowest BCUT2D eigenvalue weighted by Gasteiger charge is -2.10. The zero-order valence-electron chi connectivity index (χ0n) is 15.0. The summed E-state index contributed by atoms with van der Waals surface area (Å²) in [7, 11) is 0. The average Bonchev–Trinajstić information content (AvgIpc) is 2.51. The fraction of sp³-hybridized carbons (Fsp3) is 0.789. The topological polar surface area (TPSA) is 43.4 Å². The summed E-state index contributed by atoms with van der Waals surface area (Å²) >= 11 is 0. The minimum absolute atomic E-state index is 0.120. The van der Waals surface area contributed by atoms with Crippen molar-refractivity contribution >= 4 is 11.8 Å². The van der Waals surface area contributed by atoms with Crippen LogP contribution >= 0.6 is 0 Å². The minimum atomic E-state index is -0.472. The van der Waals surface area contributed by atoms with E-state index in [1.165, 1.54) is 38.5 Å². The Bertz CT molecular complexity index is 345. The largest absolute Gasteiger partial charge is 0.462 e. The molecular weight excluding hydrogens is 276 g/mol. The van der Waals surface area contributed by atoms with Crippen LogP contribution < -0.4 is 0 Å². The van der Waals surface area contributed by atoms with Gasteiger partial charge in [-0.1, -0.05) is 71.8 Å². The first kappa shape index (κ1) is 20.9. The van der Waals surface area contributed by atoms with Gasteiger partial charge in [-0.25, -0.2) is 4.79 Å². The number of Topliss-reactive ketones (excluding diaryl/α,β-unsaturated/α-hetero) is 1. The molecule has 3 heteroatoms. The Morgan fingerprint density at radius 1 is 0.955 bits per heavy atom. The molecule has 22 heavy (non-hydrogen) atoms. The SMILES string of the molecule is CCCCCCCCCC(C)C=C(C(=O)CC)C(=O)OCC. The Labute approximate surface area is 136 Å². The molecule has 0 aromatic rings. The smallest absolute Gasteiger partial charge is 0.341 e. The second-order valence-corrected chi connectivity index (χ2v) is 5.96. The van der Waals surface area contributed by atoms with E-state index in [1.54, 1.807) is 19.9 Å². The number of ether oxygens (including phenoxy) is 1. The molecule has 0 saturated carbocycles. The third-order valence-corrected chi connectivity index (χ3v) is 3.83. The van der Waals surface area contributed by atoms with Gasteiger partial charge in [0.15, 0.2) is 5.78 Å². The predicted molar refractivity (Wildman–Crippen MR) is 91.8 cm³/mol. The summed E-state index contributed by atoms with van der Waals surface area (Å²) in [5.41, 5.74) is 0.236. The number of rotatable bonds is 13. The maximum absolute atomic E-state index is 11.9. The summed E-state index contributed by atoms with van der Waals surface area (Å²) in [6.45, 7) is 8.13. The van der Waals surface area contributed by atoms with E-state index >= 15 is 0 Å². The van der Waals surface area contributed by atoms with Crippen LogP contribution in [0.4, 0.5) is 0 Å². The van der Waals surface area contributed by atoms with Crippen molar-refractivity contribution < 1.29 is 14.3 Å². The molecule has 0 aliphatic heterocycles. The van der Waals surface area contributed by atoms with Crippen LogP contribution in [0.2, 0.25) is 0 Å². The van der Waals surface area contributed by atoms with Crippen molar-refractivity contribution in [2.24, 2.45) is 5.92 Å². The van der Waals surface area contributed by atoms with Gasteiger partial charge in [0.2, 0.25) is 0 Å². The normalized spacial score (nSPS) is 13.0. The number of esters is 1. The standard InChI is InChI=1S/C19H34O3/c1-5-8-9-10-11-12-13-14-16(4)15-17(18(20)6-2)19(21)22-7-3/h15-16H,5-14H2,1-4H3. The van der Waals surface area contributed by atoms with Crippen LogP contribution in [-0.4, -0.2) is 18.4 Å². The van der Waals surface area contributed by atoms with Gasteiger partial charge in [-0.05, 0) is 19.3 Å². The molecule has 3 nitrogen and oxygen atoms in total. The van der Waals surface area contributed by atoms with Gasteiger partial charge in [-0.15, -0.1) is 0 Å². The third-order valence-electron chi connectivity index (χ3n) is 3.83. The van der Waals surface area contributed by atoms with Gasteiger partial charge in [0.05, 0.1) is 12.2 Å². The second kappa shape index (κ2) is 13.5. The van der Waals surface area contributed by atoms with E-state index in [-0.39, 0.29) is 17.3 Å². The molecule has 0 saturated heterocycles. The van der Waals surface area contributed by atoms with E-state index in [4.69, 9.17) is 4.74 Å². The minimum Gasteiger partial charge on any atom is -0.462 e. The molecule has 0 aromatic carbocycles. The molecule has 0 fully saturated rings. The van der Waals surface area contributed by atoms with E-state index < -0.39 is 5.97 Å². The van der Waals surface area contributed by atoms with Crippen LogP contribution in [0.3, 0.4) is 0 Å². The Balaban J connectivity index is 4.21. The van der Waals surface area contributed by atoms with Crippen molar-refractivity contribution in [3.8, 4) is 0 Å². The van der Waals surface area contributed by atoms with E-state index in [9.17, 15) is 9.59 Å². The van der Waals surface area contributed by atoms with Gasteiger partial charge in [-0.2, -0.15) is 0 Å². The third kappa shape index (κ3) is 9.75. The molecule has 128 valence electrons. The molecule has 0 spiro atoms. The summed E-state index contributed by atoms with van der Waals surface area (Å²) in [5.74, 6) is -0.351. The van der Waals surface area contributed by atoms with E-state index in [0.717, 1.165) is 12.8 Å². The van der Waals surface area contributed by atoms with Crippen molar-refractivity contribution in [1.29, 1.82) is 0 Å². The highest BCUT2D eigenvalue weighted by molar-refractivity contribution is 6.17. The monoisotopic (exact) mass is 310 g/mol. The summed E-state index contributed by atoms with van der Waals surface area (Å²) < 4.78 is 4.98. The molecule has 0 heterocycles. The number of carbonyl (C=O) groups excluding carboxylic acids is 2. The Hall–Kier alpha value is -1.12. The molecule has 0 aliphatic rings. The number of unbranched alkanes of at least 4 members (excludes halogenated alkanes) is 6. The highest BCUT2D eigenvalue weighted by atomic mass is 16.5. The maximum atomic E-state index is 11.9. The van der Waals surface area contributed by atoms with Gasteiger partial charge < -0.3 is 4.74 Å². The molecule has 0 N–H and O–H groups in total. The van der Waals surface area contributed by atoms with Crippen LogP contribution in [0.15, 0.2) is 11.6 Å². The van der Waals surface area contributed by atoms with Crippen molar-refractivity contribution in [2.75, 3.05) is 6.61 Å². The van der Waals surface area contributed by atoms with Crippen LogP contribution in [0.1, 0.15) is 85.5 Å². The quantitative estimate of drug-likeness (QED) is 0.154. The fourth-order valence-corrected chi connectivity index (χ4v) is 2.47. The van der Waals surface area contributed by atoms with Crippen molar-refractivity contribution in [3.63, 3.8) is 0 Å². The van der Waals surface area contributed by atoms with Crippen molar-refractivity contribution in [1.82, 2.24) is 0 Å². The first-order valence-electron chi connectivity index (χ1n) is 8.98. The molecule has 1 unspecified atom stereocenters. The number of hydrogen-bond acceptors (Lipinski definition) is 3. The van der Waals surface area contributed by atoms with Crippen LogP contribution in [-0.2, 0) is 14.3 Å². The second-order valence-electron chi connectivity index (χ2n) is 5.96. The number of ketones is 1. The highest BCUT2D eigenvalue weighted by Gasteiger charge is 2.18. The van der Waals surface area contributed by atoms with Gasteiger partial charge in [0, 0.05) is 6.42 Å². The van der Waals surface area contributed by atoms with Crippen molar-refractivity contribution in [2.45, 2.75) is 85.5 Å². The molecule has 0 aliphatic carbocycles. The van der Waals surface area contributed by atoms with Gasteiger partial charge in [-0.3, -0.25) is 4.79 Å². The van der Waals surface area contributed by atoms with Gasteiger partial charge >= 0.3 is 5.97 Å². The van der Waals surface area contributed by atoms with Crippen LogP contribution in [0, 0.1) is 5.92 Å².